The average Bonchev–Trinajstić information content (AvgIpc) is 3.57. The maximum atomic E-state index is 13.6. The molecule has 0 radical (unpaired) electrons. The summed E-state index contributed by atoms with van der Waals surface area (Å²) in [5.74, 6) is 1.21. The van der Waals surface area contributed by atoms with Gasteiger partial charge in [-0.3, -0.25) is 4.79 Å². The first kappa shape index (κ1) is 26.5. The van der Waals surface area contributed by atoms with Crippen LogP contribution in [0.4, 0.5) is 4.79 Å². The monoisotopic (exact) mass is 513 g/mol. The Bertz CT molecular complexity index is 1000. The van der Waals surface area contributed by atoms with Crippen molar-refractivity contribution < 1.29 is 19.1 Å². The minimum Gasteiger partial charge on any atom is -0.491 e. The molecule has 3 amide bonds. The lowest BCUT2D eigenvalue weighted by atomic mass is 10.00. The van der Waals surface area contributed by atoms with E-state index in [2.05, 4.69) is 42.7 Å². The third-order valence-electron chi connectivity index (χ3n) is 6.96. The number of hydrogen-bond donors (Lipinski definition) is 1. The van der Waals surface area contributed by atoms with Crippen LogP contribution in [0.15, 0.2) is 35.7 Å². The fourth-order valence-electron chi connectivity index (χ4n) is 4.85. The molecule has 0 aliphatic carbocycles. The molecule has 1 fully saturated rings. The van der Waals surface area contributed by atoms with Gasteiger partial charge in [0.15, 0.2) is 0 Å². The van der Waals surface area contributed by atoms with Crippen LogP contribution >= 0.6 is 11.3 Å². The molecule has 36 heavy (non-hydrogen) atoms. The van der Waals surface area contributed by atoms with Crippen molar-refractivity contribution in [3.05, 3.63) is 51.7 Å². The van der Waals surface area contributed by atoms with E-state index in [0.717, 1.165) is 37.0 Å². The zero-order valence-electron chi connectivity index (χ0n) is 21.7. The highest BCUT2D eigenvalue weighted by molar-refractivity contribution is 7.10. The Morgan fingerprint density at radius 1 is 1.25 bits per heavy atom. The van der Waals surface area contributed by atoms with Crippen LogP contribution in [0, 0.1) is 0 Å². The summed E-state index contributed by atoms with van der Waals surface area (Å²) in [7, 11) is 0. The van der Waals surface area contributed by atoms with Crippen LogP contribution in [0.1, 0.15) is 68.0 Å². The van der Waals surface area contributed by atoms with E-state index >= 15 is 0 Å². The van der Waals surface area contributed by atoms with E-state index < -0.39 is 0 Å². The molecule has 0 unspecified atom stereocenters. The Morgan fingerprint density at radius 2 is 2.06 bits per heavy atom. The molecule has 8 heteroatoms. The fourth-order valence-corrected chi connectivity index (χ4v) is 5.78. The molecule has 2 aliphatic heterocycles. The molecule has 0 bridgehead atoms. The Kier molecular flexibility index (Phi) is 9.26. The molecule has 0 spiro atoms. The first-order valence-corrected chi connectivity index (χ1v) is 14.1. The number of fused-ring (bicyclic) bond motifs is 1. The van der Waals surface area contributed by atoms with Crippen molar-refractivity contribution in [3.8, 4) is 5.75 Å². The molecule has 2 aromatic rings. The van der Waals surface area contributed by atoms with Crippen molar-refractivity contribution in [3.63, 3.8) is 0 Å². The molecule has 1 aromatic heterocycles. The minimum atomic E-state index is -0.202. The van der Waals surface area contributed by atoms with Crippen molar-refractivity contribution in [2.75, 3.05) is 39.4 Å². The fraction of sp³-hybridized carbons (Fsp3) is 0.571. The molecule has 4 rings (SSSR count). The number of amides is 3. The van der Waals surface area contributed by atoms with Gasteiger partial charge in [0, 0.05) is 31.1 Å². The molecule has 1 saturated heterocycles. The van der Waals surface area contributed by atoms with Crippen molar-refractivity contribution in [2.45, 2.75) is 64.5 Å². The lowest BCUT2D eigenvalue weighted by Gasteiger charge is -2.37. The lowest BCUT2D eigenvalue weighted by molar-refractivity contribution is -0.135. The predicted molar refractivity (Wildman–Crippen MR) is 143 cm³/mol. The highest BCUT2D eigenvalue weighted by atomic mass is 32.1. The smallest absolute Gasteiger partial charge is 0.317 e. The number of benzene rings is 1. The SMILES string of the molecule is CCCNC(=O)N(CC(=O)N1CCc2sccc2[C@H]1COc1ccc(C(C)C)cc1)C[C@@H]1CCCO1. The highest BCUT2D eigenvalue weighted by Crippen LogP contribution is 2.34. The van der Waals surface area contributed by atoms with E-state index in [1.54, 1.807) is 16.2 Å². The number of urea groups is 1. The number of ether oxygens (including phenoxy) is 2. The van der Waals surface area contributed by atoms with Gasteiger partial charge in [-0.25, -0.2) is 4.79 Å². The number of thiophene rings is 1. The molecule has 2 atom stereocenters. The number of carbonyl (C=O) groups excluding carboxylic acids is 2. The van der Waals surface area contributed by atoms with Crippen LogP contribution in [0.3, 0.4) is 0 Å². The van der Waals surface area contributed by atoms with E-state index in [0.29, 0.717) is 38.8 Å². The lowest BCUT2D eigenvalue weighted by Crippen LogP contribution is -2.51. The summed E-state index contributed by atoms with van der Waals surface area (Å²) in [4.78, 5) is 31.4. The molecule has 0 saturated carbocycles. The van der Waals surface area contributed by atoms with Crippen LogP contribution in [0.5, 0.6) is 5.75 Å². The zero-order chi connectivity index (χ0) is 25.5. The van der Waals surface area contributed by atoms with Gasteiger partial charge >= 0.3 is 6.03 Å². The molecule has 196 valence electrons. The minimum absolute atomic E-state index is 0.0112. The van der Waals surface area contributed by atoms with Gasteiger partial charge in [-0.05, 0) is 66.3 Å². The Balaban J connectivity index is 1.46. The summed E-state index contributed by atoms with van der Waals surface area (Å²) in [6.45, 7) is 9.13. The Hall–Kier alpha value is -2.58. The maximum absolute atomic E-state index is 13.6. The normalized spacial score (nSPS) is 19.3. The second-order valence-electron chi connectivity index (χ2n) is 9.93. The van der Waals surface area contributed by atoms with Crippen LogP contribution in [-0.4, -0.2) is 67.2 Å². The topological polar surface area (TPSA) is 71.1 Å². The third kappa shape index (κ3) is 6.59. The predicted octanol–water partition coefficient (Wildman–Crippen LogP) is 4.98. The summed E-state index contributed by atoms with van der Waals surface area (Å²) in [5.41, 5.74) is 2.42. The summed E-state index contributed by atoms with van der Waals surface area (Å²) in [5, 5.41) is 5.02. The molecular weight excluding hydrogens is 474 g/mol. The van der Waals surface area contributed by atoms with Gasteiger partial charge in [0.25, 0.3) is 0 Å². The number of nitrogens with one attached hydrogen (secondary N) is 1. The van der Waals surface area contributed by atoms with E-state index in [1.807, 2.05) is 24.0 Å². The second kappa shape index (κ2) is 12.6. The standard InChI is InChI=1S/C28H39N3O4S/c1-4-13-29-28(33)30(17-23-6-5-15-34-23)18-27(32)31-14-11-26-24(12-16-36-26)25(31)19-35-22-9-7-21(8-10-22)20(2)3/h7-10,12,16,20,23,25H,4-6,11,13-15,17-19H2,1-3H3,(H,29,33)/t23-,25+/m0/s1. The van der Waals surface area contributed by atoms with Gasteiger partial charge in [0.1, 0.15) is 18.9 Å². The Morgan fingerprint density at radius 3 is 2.75 bits per heavy atom. The molecule has 7 nitrogen and oxygen atoms in total. The van der Waals surface area contributed by atoms with Crippen LogP contribution in [-0.2, 0) is 16.0 Å². The van der Waals surface area contributed by atoms with Crippen molar-refractivity contribution >= 4 is 23.3 Å². The van der Waals surface area contributed by atoms with Crippen molar-refractivity contribution in [2.24, 2.45) is 0 Å². The largest absolute Gasteiger partial charge is 0.491 e. The first-order valence-electron chi connectivity index (χ1n) is 13.2. The number of rotatable bonds is 10. The van der Waals surface area contributed by atoms with E-state index in [-0.39, 0.29) is 30.6 Å². The number of carbonyl (C=O) groups is 2. The molecular formula is C28H39N3O4S. The van der Waals surface area contributed by atoms with E-state index in [4.69, 9.17) is 9.47 Å². The van der Waals surface area contributed by atoms with Crippen LogP contribution < -0.4 is 10.1 Å². The molecule has 1 aromatic carbocycles. The second-order valence-corrected chi connectivity index (χ2v) is 10.9. The molecule has 3 heterocycles. The van der Waals surface area contributed by atoms with Crippen LogP contribution in [0.2, 0.25) is 0 Å². The van der Waals surface area contributed by atoms with Gasteiger partial charge in [0.2, 0.25) is 5.91 Å². The Labute approximate surface area is 218 Å². The van der Waals surface area contributed by atoms with Gasteiger partial charge in [0.05, 0.1) is 12.1 Å². The van der Waals surface area contributed by atoms with Gasteiger partial charge in [-0.2, -0.15) is 0 Å². The summed E-state index contributed by atoms with van der Waals surface area (Å²) >= 11 is 1.73. The average molecular weight is 514 g/mol. The maximum Gasteiger partial charge on any atom is 0.317 e. The van der Waals surface area contributed by atoms with E-state index in [1.165, 1.54) is 10.4 Å². The molecule has 2 aliphatic rings. The number of nitrogens with zero attached hydrogens (tertiary/aromatic N) is 2. The summed E-state index contributed by atoms with van der Waals surface area (Å²) in [6, 6.07) is 9.91. The highest BCUT2D eigenvalue weighted by Gasteiger charge is 2.34. The summed E-state index contributed by atoms with van der Waals surface area (Å²) in [6.07, 6.45) is 3.57. The quantitative estimate of drug-likeness (QED) is 0.487. The first-order chi connectivity index (χ1) is 17.5. The van der Waals surface area contributed by atoms with Crippen molar-refractivity contribution in [1.82, 2.24) is 15.1 Å². The van der Waals surface area contributed by atoms with Gasteiger partial charge < -0.3 is 24.6 Å². The van der Waals surface area contributed by atoms with Gasteiger partial charge in [-0.15, -0.1) is 11.3 Å². The number of hydrogen-bond acceptors (Lipinski definition) is 5. The molecule has 1 N–H and O–H groups in total. The van der Waals surface area contributed by atoms with Crippen molar-refractivity contribution in [1.29, 1.82) is 0 Å². The third-order valence-corrected chi connectivity index (χ3v) is 7.95. The van der Waals surface area contributed by atoms with E-state index in [9.17, 15) is 9.59 Å². The van der Waals surface area contributed by atoms with Gasteiger partial charge in [-0.1, -0.05) is 32.9 Å². The zero-order valence-corrected chi connectivity index (χ0v) is 22.5. The van der Waals surface area contributed by atoms with Crippen LogP contribution in [0.25, 0.3) is 0 Å². The summed E-state index contributed by atoms with van der Waals surface area (Å²) < 4.78 is 12.0.